The van der Waals surface area contributed by atoms with Crippen molar-refractivity contribution in [1.29, 1.82) is 0 Å². The summed E-state index contributed by atoms with van der Waals surface area (Å²) in [4.78, 5) is 60.3. The van der Waals surface area contributed by atoms with Crippen molar-refractivity contribution in [3.05, 3.63) is 96.4 Å². The number of alkyl carbamates (subject to hydrolysis) is 1. The molecule has 0 saturated carbocycles. The van der Waals surface area contributed by atoms with E-state index >= 15 is 0 Å². The first kappa shape index (κ1) is 37.0. The number of anilines is 1. The van der Waals surface area contributed by atoms with E-state index in [1.54, 1.807) is 31.5 Å². The number of nitrogens with one attached hydrogen (secondary N) is 3. The Hall–Kier alpha value is -5.23. The van der Waals surface area contributed by atoms with Gasteiger partial charge in [-0.2, -0.15) is 0 Å². The maximum atomic E-state index is 14.2. The number of amides is 4. The lowest BCUT2D eigenvalue weighted by atomic mass is 9.88. The molecule has 0 radical (unpaired) electrons. The topological polar surface area (TPSA) is 144 Å². The van der Waals surface area contributed by atoms with Crippen molar-refractivity contribution in [2.45, 2.75) is 83.7 Å². The predicted molar refractivity (Wildman–Crippen MR) is 195 cm³/mol. The van der Waals surface area contributed by atoms with Gasteiger partial charge in [0.2, 0.25) is 5.91 Å². The van der Waals surface area contributed by atoms with Crippen LogP contribution in [0.15, 0.2) is 85.3 Å². The van der Waals surface area contributed by atoms with Crippen LogP contribution in [-0.2, 0) is 36.0 Å². The number of rotatable bonds is 12. The van der Waals surface area contributed by atoms with Crippen molar-refractivity contribution in [2.24, 2.45) is 0 Å². The summed E-state index contributed by atoms with van der Waals surface area (Å²) in [6, 6.07) is 22.2. The highest BCUT2D eigenvalue weighted by Gasteiger charge is 2.41. The zero-order valence-corrected chi connectivity index (χ0v) is 30.2. The molecule has 12 nitrogen and oxygen atoms in total. The van der Waals surface area contributed by atoms with Gasteiger partial charge in [0.25, 0.3) is 11.8 Å². The van der Waals surface area contributed by atoms with Crippen LogP contribution in [0.5, 0.6) is 0 Å². The monoisotopic (exact) mass is 696 g/mol. The Morgan fingerprint density at radius 2 is 1.53 bits per heavy atom. The molecule has 1 aliphatic rings. The molecule has 3 aromatic carbocycles. The quantitative estimate of drug-likeness (QED) is 0.181. The Kier molecular flexibility index (Phi) is 11.1. The van der Waals surface area contributed by atoms with E-state index in [0.717, 1.165) is 34.7 Å². The SMILES string of the molecule is CC(C)(C)OC(=O)NC(C)(C)C(=O)NC(COCc1ccccc1)C(=O)Nc1cn(C(C)(C(=O)N2CCCC2)c2ccc3ccccc3c2)cn1. The second kappa shape index (κ2) is 15.3. The summed E-state index contributed by atoms with van der Waals surface area (Å²) < 4.78 is 12.9. The number of hydrogen-bond acceptors (Lipinski definition) is 7. The number of nitrogens with zero attached hydrogens (tertiary/aromatic N) is 3. The van der Waals surface area contributed by atoms with Gasteiger partial charge in [0.05, 0.1) is 19.5 Å². The van der Waals surface area contributed by atoms with Crippen molar-refractivity contribution >= 4 is 40.4 Å². The zero-order valence-electron chi connectivity index (χ0n) is 30.2. The average Bonchev–Trinajstić information content (AvgIpc) is 3.79. The van der Waals surface area contributed by atoms with Gasteiger partial charge >= 0.3 is 6.09 Å². The highest BCUT2D eigenvalue weighted by molar-refractivity contribution is 5.99. The number of hydrogen-bond donors (Lipinski definition) is 3. The van der Waals surface area contributed by atoms with Crippen LogP contribution in [0, 0.1) is 0 Å². The Bertz CT molecular complexity index is 1860. The van der Waals surface area contributed by atoms with Crippen molar-refractivity contribution in [1.82, 2.24) is 25.1 Å². The minimum Gasteiger partial charge on any atom is -0.444 e. The first-order chi connectivity index (χ1) is 24.2. The standard InChI is InChI=1S/C39H48N6O6/c1-37(2,3)51-36(49)43-38(4,5)34(47)41-31(25-50-24-27-14-8-7-9-15-27)33(46)42-32-23-45(26-40-32)39(6,35(48)44-20-12-13-21-44)30-19-18-28-16-10-11-17-29(28)22-30/h7-11,14-19,22-23,26,31H,12-13,20-21,24-25H2,1-6H3,(H,41,47)(H,42,46)(H,43,49). The summed E-state index contributed by atoms with van der Waals surface area (Å²) in [5.74, 6) is -1.09. The fourth-order valence-electron chi connectivity index (χ4n) is 5.95. The molecule has 0 bridgehead atoms. The normalized spacial score (nSPS) is 15.1. The molecule has 2 heterocycles. The van der Waals surface area contributed by atoms with Crippen molar-refractivity contribution < 1.29 is 28.7 Å². The molecule has 1 aliphatic heterocycles. The molecule has 12 heteroatoms. The summed E-state index contributed by atoms with van der Waals surface area (Å²) in [6.45, 7) is 11.4. The van der Waals surface area contributed by atoms with Gasteiger partial charge in [0.15, 0.2) is 5.82 Å². The van der Waals surface area contributed by atoms with Crippen LogP contribution in [0.2, 0.25) is 0 Å². The van der Waals surface area contributed by atoms with Crippen LogP contribution < -0.4 is 16.0 Å². The maximum Gasteiger partial charge on any atom is 0.408 e. The smallest absolute Gasteiger partial charge is 0.408 e. The van der Waals surface area contributed by atoms with E-state index in [2.05, 4.69) is 20.9 Å². The number of likely N-dealkylation sites (tertiary alicyclic amines) is 1. The zero-order chi connectivity index (χ0) is 36.8. The van der Waals surface area contributed by atoms with Crippen LogP contribution in [-0.4, -0.2) is 75.1 Å². The average molecular weight is 697 g/mol. The summed E-state index contributed by atoms with van der Waals surface area (Å²) >= 11 is 0. The molecule has 0 spiro atoms. The lowest BCUT2D eigenvalue weighted by Gasteiger charge is -2.34. The summed E-state index contributed by atoms with van der Waals surface area (Å²) in [6.07, 6.45) is 4.26. The molecular formula is C39H48N6O6. The number of fused-ring (bicyclic) bond motifs is 1. The van der Waals surface area contributed by atoms with Crippen molar-refractivity contribution in [3.8, 4) is 0 Å². The van der Waals surface area contributed by atoms with Gasteiger partial charge in [-0.1, -0.05) is 66.7 Å². The molecule has 4 aromatic rings. The fourth-order valence-corrected chi connectivity index (χ4v) is 5.95. The number of carbonyl (C=O) groups excluding carboxylic acids is 4. The van der Waals surface area contributed by atoms with E-state index in [1.165, 1.54) is 20.2 Å². The molecule has 1 aromatic heterocycles. The molecule has 2 unspecified atom stereocenters. The minimum atomic E-state index is -1.43. The third-order valence-electron chi connectivity index (χ3n) is 8.87. The second-order valence-electron chi connectivity index (χ2n) is 14.6. The lowest BCUT2D eigenvalue weighted by molar-refractivity contribution is -0.137. The number of benzene rings is 3. The molecule has 0 aliphatic carbocycles. The summed E-state index contributed by atoms with van der Waals surface area (Å²) in [5.41, 5.74) is -1.68. The van der Waals surface area contributed by atoms with E-state index < -0.39 is 40.6 Å². The number of ether oxygens (including phenoxy) is 2. The van der Waals surface area contributed by atoms with Crippen LogP contribution in [0.4, 0.5) is 10.6 Å². The molecule has 4 amide bonds. The van der Waals surface area contributed by atoms with E-state index in [0.29, 0.717) is 13.1 Å². The first-order valence-electron chi connectivity index (χ1n) is 17.2. The van der Waals surface area contributed by atoms with E-state index in [4.69, 9.17) is 9.47 Å². The van der Waals surface area contributed by atoms with E-state index in [9.17, 15) is 19.2 Å². The molecule has 2 atom stereocenters. The van der Waals surface area contributed by atoms with Gasteiger partial charge < -0.3 is 34.9 Å². The lowest BCUT2D eigenvalue weighted by Crippen LogP contribution is -2.59. The third kappa shape index (κ3) is 9.12. The maximum absolute atomic E-state index is 14.2. The Morgan fingerprint density at radius 1 is 0.863 bits per heavy atom. The Labute approximate surface area is 298 Å². The molecule has 51 heavy (non-hydrogen) atoms. The number of imidazole rings is 1. The highest BCUT2D eigenvalue weighted by atomic mass is 16.6. The van der Waals surface area contributed by atoms with Crippen LogP contribution >= 0.6 is 0 Å². The molecular weight excluding hydrogens is 648 g/mol. The molecule has 1 fully saturated rings. The van der Waals surface area contributed by atoms with Crippen LogP contribution in [0.25, 0.3) is 10.8 Å². The van der Waals surface area contributed by atoms with E-state index in [-0.39, 0.29) is 24.9 Å². The Balaban J connectivity index is 1.38. The minimum absolute atomic E-state index is 0.0651. The Morgan fingerprint density at radius 3 is 2.22 bits per heavy atom. The number of aromatic nitrogens is 2. The van der Waals surface area contributed by atoms with Gasteiger partial charge in [0.1, 0.15) is 22.7 Å². The second-order valence-corrected chi connectivity index (χ2v) is 14.6. The van der Waals surface area contributed by atoms with Crippen LogP contribution in [0.1, 0.15) is 65.5 Å². The van der Waals surface area contributed by atoms with Gasteiger partial charge in [-0.3, -0.25) is 14.4 Å². The van der Waals surface area contributed by atoms with E-state index in [1.807, 2.05) is 84.6 Å². The fraction of sp³-hybridized carbons (Fsp3) is 0.410. The highest BCUT2D eigenvalue weighted by Crippen LogP contribution is 2.33. The summed E-state index contributed by atoms with van der Waals surface area (Å²) in [5, 5.41) is 10.2. The largest absolute Gasteiger partial charge is 0.444 e. The molecule has 1 saturated heterocycles. The molecule has 3 N–H and O–H groups in total. The van der Waals surface area contributed by atoms with Crippen molar-refractivity contribution in [2.75, 3.05) is 25.0 Å². The van der Waals surface area contributed by atoms with Gasteiger partial charge in [-0.05, 0) is 82.3 Å². The van der Waals surface area contributed by atoms with Gasteiger partial charge in [0, 0.05) is 19.3 Å². The predicted octanol–water partition coefficient (Wildman–Crippen LogP) is 5.37. The summed E-state index contributed by atoms with van der Waals surface area (Å²) in [7, 11) is 0. The van der Waals surface area contributed by atoms with Gasteiger partial charge in [-0.25, -0.2) is 9.78 Å². The van der Waals surface area contributed by atoms with Crippen molar-refractivity contribution in [3.63, 3.8) is 0 Å². The van der Waals surface area contributed by atoms with Gasteiger partial charge in [-0.15, -0.1) is 0 Å². The third-order valence-corrected chi connectivity index (χ3v) is 8.87. The first-order valence-corrected chi connectivity index (χ1v) is 17.2. The number of carbonyl (C=O) groups is 4. The molecule has 5 rings (SSSR count). The van der Waals surface area contributed by atoms with Crippen LogP contribution in [0.3, 0.4) is 0 Å². The molecule has 270 valence electrons.